The maximum atomic E-state index is 13.0. The highest BCUT2D eigenvalue weighted by molar-refractivity contribution is 5.99. The lowest BCUT2D eigenvalue weighted by molar-refractivity contribution is -0.125. The van der Waals surface area contributed by atoms with Crippen LogP contribution in [0.3, 0.4) is 0 Å². The number of carbonyl (C=O) groups excluding carboxylic acids is 2. The van der Waals surface area contributed by atoms with E-state index in [1.54, 1.807) is 4.90 Å². The van der Waals surface area contributed by atoms with Gasteiger partial charge in [0.05, 0.1) is 17.0 Å². The van der Waals surface area contributed by atoms with Gasteiger partial charge in [-0.25, -0.2) is 0 Å². The molecule has 0 bridgehead atoms. The van der Waals surface area contributed by atoms with Crippen LogP contribution in [0, 0.1) is 6.92 Å². The van der Waals surface area contributed by atoms with Crippen molar-refractivity contribution in [3.63, 3.8) is 0 Å². The van der Waals surface area contributed by atoms with Crippen LogP contribution in [-0.4, -0.2) is 40.3 Å². The van der Waals surface area contributed by atoms with Crippen LogP contribution >= 0.6 is 0 Å². The number of hydrogen-bond acceptors (Lipinski definition) is 3. The summed E-state index contributed by atoms with van der Waals surface area (Å²) in [5, 5.41) is 3.03. The third-order valence-electron chi connectivity index (χ3n) is 5.13. The number of aromatic nitrogens is 1. The van der Waals surface area contributed by atoms with E-state index >= 15 is 0 Å². The van der Waals surface area contributed by atoms with Crippen LogP contribution in [0.25, 0.3) is 11.3 Å². The van der Waals surface area contributed by atoms with E-state index < -0.39 is 0 Å². The topological polar surface area (TPSA) is 62.3 Å². The first-order valence-electron chi connectivity index (χ1n) is 9.28. The van der Waals surface area contributed by atoms with Gasteiger partial charge in [0, 0.05) is 18.2 Å². The third kappa shape index (κ3) is 3.34. The van der Waals surface area contributed by atoms with E-state index in [4.69, 9.17) is 0 Å². The lowest BCUT2D eigenvalue weighted by Crippen LogP contribution is -2.46. The number of rotatable bonds is 4. The lowest BCUT2D eigenvalue weighted by atomic mass is 10.1. The predicted molar refractivity (Wildman–Crippen MR) is 99.6 cm³/mol. The number of nitrogens with one attached hydrogen (secondary N) is 1. The van der Waals surface area contributed by atoms with Crippen LogP contribution in [0.2, 0.25) is 0 Å². The number of aryl methyl sites for hydroxylation is 1. The Morgan fingerprint density at radius 2 is 1.85 bits per heavy atom. The molecule has 0 radical (unpaired) electrons. The van der Waals surface area contributed by atoms with E-state index in [1.807, 2.05) is 49.4 Å². The zero-order valence-electron chi connectivity index (χ0n) is 14.9. The maximum absolute atomic E-state index is 13.0. The van der Waals surface area contributed by atoms with Crippen molar-refractivity contribution in [2.24, 2.45) is 0 Å². The Hall–Kier alpha value is -2.69. The number of nitrogens with zero attached hydrogens (tertiary/aromatic N) is 2. The zero-order chi connectivity index (χ0) is 18.1. The Labute approximate surface area is 153 Å². The molecule has 1 unspecified atom stereocenters. The monoisotopic (exact) mass is 349 g/mol. The molecule has 134 valence electrons. The van der Waals surface area contributed by atoms with Crippen molar-refractivity contribution in [3.05, 3.63) is 53.7 Å². The highest BCUT2D eigenvalue weighted by atomic mass is 16.2. The van der Waals surface area contributed by atoms with Gasteiger partial charge in [-0.2, -0.15) is 0 Å². The van der Waals surface area contributed by atoms with E-state index in [9.17, 15) is 9.59 Å². The van der Waals surface area contributed by atoms with Crippen LogP contribution in [0.15, 0.2) is 42.5 Å². The fourth-order valence-corrected chi connectivity index (χ4v) is 3.52. The van der Waals surface area contributed by atoms with Gasteiger partial charge in [0.2, 0.25) is 5.91 Å². The number of pyridine rings is 1. The van der Waals surface area contributed by atoms with Crippen LogP contribution in [-0.2, 0) is 4.79 Å². The fraction of sp³-hybridized carbons (Fsp3) is 0.381. The van der Waals surface area contributed by atoms with Crippen molar-refractivity contribution in [1.82, 2.24) is 15.2 Å². The first kappa shape index (κ1) is 16.8. The Morgan fingerprint density at radius 3 is 2.54 bits per heavy atom. The molecule has 1 N–H and O–H groups in total. The third-order valence-corrected chi connectivity index (χ3v) is 5.13. The number of carbonyl (C=O) groups is 2. The molecular formula is C21H23N3O2. The van der Waals surface area contributed by atoms with Crippen LogP contribution in [0.1, 0.15) is 41.7 Å². The first-order valence-corrected chi connectivity index (χ1v) is 9.28. The molecule has 1 saturated carbocycles. The fourth-order valence-electron chi connectivity index (χ4n) is 3.52. The maximum Gasteiger partial charge on any atom is 0.256 e. The summed E-state index contributed by atoms with van der Waals surface area (Å²) < 4.78 is 0. The van der Waals surface area contributed by atoms with Crippen molar-refractivity contribution < 1.29 is 9.59 Å². The van der Waals surface area contributed by atoms with Crippen molar-refractivity contribution in [3.8, 4) is 11.3 Å². The molecule has 4 rings (SSSR count). The highest BCUT2D eigenvalue weighted by Crippen LogP contribution is 2.25. The van der Waals surface area contributed by atoms with E-state index in [1.165, 1.54) is 0 Å². The number of benzene rings is 1. The molecule has 0 spiro atoms. The average Bonchev–Trinajstić information content (AvgIpc) is 3.33. The van der Waals surface area contributed by atoms with Crippen LogP contribution in [0.5, 0.6) is 0 Å². The minimum atomic E-state index is -0.351. The minimum absolute atomic E-state index is 0.00938. The Kier molecular flexibility index (Phi) is 4.45. The van der Waals surface area contributed by atoms with Gasteiger partial charge in [0.1, 0.15) is 6.04 Å². The zero-order valence-corrected chi connectivity index (χ0v) is 14.9. The Morgan fingerprint density at radius 1 is 1.08 bits per heavy atom. The molecular weight excluding hydrogens is 326 g/mol. The van der Waals surface area contributed by atoms with Gasteiger partial charge in [0.15, 0.2) is 0 Å². The van der Waals surface area contributed by atoms with Gasteiger partial charge in [-0.05, 0) is 44.7 Å². The SMILES string of the molecule is Cc1nc(-c2ccccc2)ccc1C(=O)N1CCCC1C(=O)NC1CC1. The molecule has 1 aromatic carbocycles. The predicted octanol–water partition coefficient (Wildman–Crippen LogP) is 2.94. The van der Waals surface area contributed by atoms with E-state index in [2.05, 4.69) is 10.3 Å². The van der Waals surface area contributed by atoms with Gasteiger partial charge in [0.25, 0.3) is 5.91 Å². The molecule has 1 aliphatic carbocycles. The molecule has 1 saturated heterocycles. The van der Waals surface area contributed by atoms with Crippen molar-refractivity contribution in [1.29, 1.82) is 0 Å². The second-order valence-corrected chi connectivity index (χ2v) is 7.13. The Bertz CT molecular complexity index is 830. The number of hydrogen-bond donors (Lipinski definition) is 1. The van der Waals surface area contributed by atoms with Gasteiger partial charge >= 0.3 is 0 Å². The van der Waals surface area contributed by atoms with Gasteiger partial charge < -0.3 is 10.2 Å². The lowest BCUT2D eigenvalue weighted by Gasteiger charge is -2.24. The second kappa shape index (κ2) is 6.90. The van der Waals surface area contributed by atoms with Crippen molar-refractivity contribution >= 4 is 11.8 Å². The van der Waals surface area contributed by atoms with Crippen LogP contribution < -0.4 is 5.32 Å². The number of likely N-dealkylation sites (tertiary alicyclic amines) is 1. The number of amides is 2. The summed E-state index contributed by atoms with van der Waals surface area (Å²) >= 11 is 0. The summed E-state index contributed by atoms with van der Waals surface area (Å²) in [7, 11) is 0. The van der Waals surface area contributed by atoms with E-state index in [0.717, 1.165) is 36.9 Å². The summed E-state index contributed by atoms with van der Waals surface area (Å²) in [5.41, 5.74) is 3.15. The van der Waals surface area contributed by atoms with Gasteiger partial charge in [-0.1, -0.05) is 30.3 Å². The van der Waals surface area contributed by atoms with Crippen molar-refractivity contribution in [2.75, 3.05) is 6.54 Å². The molecule has 2 aliphatic rings. The molecule has 5 heteroatoms. The largest absolute Gasteiger partial charge is 0.352 e. The average molecular weight is 349 g/mol. The normalized spacial score (nSPS) is 19.4. The summed E-state index contributed by atoms with van der Waals surface area (Å²) in [6, 6.07) is 13.6. The molecule has 26 heavy (non-hydrogen) atoms. The molecule has 2 aromatic rings. The van der Waals surface area contributed by atoms with E-state index in [0.29, 0.717) is 23.8 Å². The quantitative estimate of drug-likeness (QED) is 0.923. The Balaban J connectivity index is 1.54. The molecule has 2 heterocycles. The summed E-state index contributed by atoms with van der Waals surface area (Å²) in [4.78, 5) is 31.8. The van der Waals surface area contributed by atoms with Crippen molar-refractivity contribution in [2.45, 2.75) is 44.7 Å². The highest BCUT2D eigenvalue weighted by Gasteiger charge is 2.37. The minimum Gasteiger partial charge on any atom is -0.352 e. The second-order valence-electron chi connectivity index (χ2n) is 7.13. The molecule has 1 atom stereocenters. The summed E-state index contributed by atoms with van der Waals surface area (Å²) in [5.74, 6) is -0.104. The standard InChI is InChI=1S/C21H23N3O2/c1-14-17(11-12-18(22-14)15-6-3-2-4-7-15)21(26)24-13-5-8-19(24)20(25)23-16-9-10-16/h2-4,6-7,11-12,16,19H,5,8-10,13H2,1H3,(H,23,25). The molecule has 5 nitrogen and oxygen atoms in total. The summed E-state index contributed by atoms with van der Waals surface area (Å²) in [6.45, 7) is 2.48. The van der Waals surface area contributed by atoms with Gasteiger partial charge in [-0.3, -0.25) is 14.6 Å². The van der Waals surface area contributed by atoms with E-state index in [-0.39, 0.29) is 17.9 Å². The van der Waals surface area contributed by atoms with Gasteiger partial charge in [-0.15, -0.1) is 0 Å². The molecule has 2 fully saturated rings. The summed E-state index contributed by atoms with van der Waals surface area (Å²) in [6.07, 6.45) is 3.70. The molecule has 1 aromatic heterocycles. The molecule has 2 amide bonds. The van der Waals surface area contributed by atoms with Crippen LogP contribution in [0.4, 0.5) is 0 Å². The first-order chi connectivity index (χ1) is 12.6. The molecule has 1 aliphatic heterocycles. The smallest absolute Gasteiger partial charge is 0.256 e.